The summed E-state index contributed by atoms with van der Waals surface area (Å²) in [5.74, 6) is 0.396. The first kappa shape index (κ1) is 31.6. The molecule has 3 amide bonds. The molecule has 236 valence electrons. The average Bonchev–Trinajstić information content (AvgIpc) is 3.50. The van der Waals surface area contributed by atoms with Crippen LogP contribution >= 0.6 is 0 Å². The van der Waals surface area contributed by atoms with Crippen LogP contribution in [0.25, 0.3) is 22.4 Å². The van der Waals surface area contributed by atoms with Gasteiger partial charge in [-0.2, -0.15) is 0 Å². The predicted molar refractivity (Wildman–Crippen MR) is 170 cm³/mol. The van der Waals surface area contributed by atoms with Crippen LogP contribution in [-0.2, 0) is 14.2 Å². The SMILES string of the molecule is NCCOCCOCCNC(=O)c1cccc(NC(=O)OC2CCN(C(=O)c3ccc4nc(-c5ccccc5)[nH]c4c3)CC2)c1. The minimum atomic E-state index is -0.610. The van der Waals surface area contributed by atoms with Crippen LogP contribution in [0.4, 0.5) is 10.5 Å². The van der Waals surface area contributed by atoms with Crippen molar-refractivity contribution in [2.75, 3.05) is 57.9 Å². The van der Waals surface area contributed by atoms with Gasteiger partial charge in [0.2, 0.25) is 0 Å². The molecule has 0 bridgehead atoms. The van der Waals surface area contributed by atoms with E-state index < -0.39 is 6.09 Å². The van der Waals surface area contributed by atoms with E-state index in [-0.39, 0.29) is 17.9 Å². The van der Waals surface area contributed by atoms with Gasteiger partial charge < -0.3 is 35.1 Å². The highest BCUT2D eigenvalue weighted by molar-refractivity contribution is 5.98. The molecular formula is C33H38N6O6. The molecule has 1 aromatic heterocycles. The molecule has 2 heterocycles. The minimum Gasteiger partial charge on any atom is -0.446 e. The number of hydrogen-bond donors (Lipinski definition) is 4. The second-order valence-corrected chi connectivity index (χ2v) is 10.6. The number of nitrogens with zero attached hydrogens (tertiary/aromatic N) is 2. The molecule has 5 N–H and O–H groups in total. The highest BCUT2D eigenvalue weighted by Crippen LogP contribution is 2.23. The first-order valence-electron chi connectivity index (χ1n) is 15.1. The minimum absolute atomic E-state index is 0.0751. The summed E-state index contributed by atoms with van der Waals surface area (Å²) in [5, 5.41) is 5.48. The Bertz CT molecular complexity index is 1590. The first-order chi connectivity index (χ1) is 22.0. The van der Waals surface area contributed by atoms with E-state index in [1.807, 2.05) is 42.5 Å². The van der Waals surface area contributed by atoms with Gasteiger partial charge in [0.15, 0.2) is 0 Å². The summed E-state index contributed by atoms with van der Waals surface area (Å²) in [6.07, 6.45) is 0.104. The van der Waals surface area contributed by atoms with Crippen LogP contribution in [-0.4, -0.2) is 91.5 Å². The molecule has 1 aliphatic heterocycles. The number of hydrogen-bond acceptors (Lipinski definition) is 8. The third kappa shape index (κ3) is 8.88. The Morgan fingerprint density at radius 2 is 1.67 bits per heavy atom. The van der Waals surface area contributed by atoms with E-state index in [1.54, 1.807) is 35.2 Å². The fourth-order valence-corrected chi connectivity index (χ4v) is 5.02. The third-order valence-electron chi connectivity index (χ3n) is 7.32. The van der Waals surface area contributed by atoms with E-state index in [2.05, 4.69) is 20.6 Å². The number of nitrogens with two attached hydrogens (primary N) is 1. The second-order valence-electron chi connectivity index (χ2n) is 10.6. The molecule has 0 aliphatic carbocycles. The molecule has 3 aromatic carbocycles. The predicted octanol–water partition coefficient (Wildman–Crippen LogP) is 3.80. The molecule has 1 fully saturated rings. The zero-order valence-electron chi connectivity index (χ0n) is 25.0. The third-order valence-corrected chi connectivity index (χ3v) is 7.32. The Balaban J connectivity index is 1.05. The topological polar surface area (TPSA) is 161 Å². The summed E-state index contributed by atoms with van der Waals surface area (Å²) in [6, 6.07) is 21.9. The van der Waals surface area contributed by atoms with E-state index in [0.717, 1.165) is 22.4 Å². The van der Waals surface area contributed by atoms with Crippen molar-refractivity contribution in [1.29, 1.82) is 0 Å². The summed E-state index contributed by atoms with van der Waals surface area (Å²) >= 11 is 0. The number of carbonyl (C=O) groups excluding carboxylic acids is 3. The molecule has 1 saturated heterocycles. The number of anilines is 1. The van der Waals surface area contributed by atoms with Crippen LogP contribution in [0.2, 0.25) is 0 Å². The Hall–Kier alpha value is -4.78. The number of amides is 3. The van der Waals surface area contributed by atoms with Gasteiger partial charge in [-0.3, -0.25) is 14.9 Å². The Morgan fingerprint density at radius 1 is 0.889 bits per heavy atom. The number of imidazole rings is 1. The molecule has 0 atom stereocenters. The van der Waals surface area contributed by atoms with Crippen LogP contribution in [0.1, 0.15) is 33.6 Å². The van der Waals surface area contributed by atoms with Crippen LogP contribution in [0.15, 0.2) is 72.8 Å². The number of nitrogens with one attached hydrogen (secondary N) is 3. The van der Waals surface area contributed by atoms with Gasteiger partial charge >= 0.3 is 6.09 Å². The van der Waals surface area contributed by atoms with Crippen molar-refractivity contribution in [3.05, 3.63) is 83.9 Å². The molecule has 0 unspecified atom stereocenters. The number of aromatic amines is 1. The monoisotopic (exact) mass is 614 g/mol. The molecule has 12 nitrogen and oxygen atoms in total. The molecule has 0 spiro atoms. The van der Waals surface area contributed by atoms with E-state index in [0.29, 0.717) is 82.3 Å². The zero-order valence-corrected chi connectivity index (χ0v) is 25.0. The second kappa shape index (κ2) is 15.8. The summed E-state index contributed by atoms with van der Waals surface area (Å²) < 4.78 is 16.3. The van der Waals surface area contributed by atoms with Gasteiger partial charge in [-0.05, 0) is 36.4 Å². The van der Waals surface area contributed by atoms with Crippen molar-refractivity contribution in [1.82, 2.24) is 20.2 Å². The van der Waals surface area contributed by atoms with E-state index in [4.69, 9.17) is 19.9 Å². The molecule has 4 aromatic rings. The van der Waals surface area contributed by atoms with Crippen molar-refractivity contribution in [3.8, 4) is 11.4 Å². The van der Waals surface area contributed by atoms with E-state index >= 15 is 0 Å². The van der Waals surface area contributed by atoms with Crippen molar-refractivity contribution < 1.29 is 28.6 Å². The normalized spacial score (nSPS) is 13.5. The van der Waals surface area contributed by atoms with E-state index in [9.17, 15) is 14.4 Å². The van der Waals surface area contributed by atoms with Gasteiger partial charge in [0, 0.05) is 61.4 Å². The molecule has 0 saturated carbocycles. The number of H-pyrrole nitrogens is 1. The zero-order chi connectivity index (χ0) is 31.4. The summed E-state index contributed by atoms with van der Waals surface area (Å²) in [4.78, 5) is 48.1. The number of benzene rings is 3. The van der Waals surface area contributed by atoms with Crippen LogP contribution in [0.5, 0.6) is 0 Å². The fraction of sp³-hybridized carbons (Fsp3) is 0.333. The highest BCUT2D eigenvalue weighted by atomic mass is 16.6. The van der Waals surface area contributed by atoms with Crippen molar-refractivity contribution >= 4 is 34.6 Å². The summed E-state index contributed by atoms with van der Waals surface area (Å²) in [6.45, 7) is 3.44. The van der Waals surface area contributed by atoms with Crippen LogP contribution in [0, 0.1) is 0 Å². The quantitative estimate of drug-likeness (QED) is 0.165. The number of rotatable bonds is 13. The lowest BCUT2D eigenvalue weighted by Gasteiger charge is -2.31. The number of carbonyl (C=O) groups is 3. The Kier molecular flexibility index (Phi) is 11.1. The number of aromatic nitrogens is 2. The Labute approximate surface area is 261 Å². The number of fused-ring (bicyclic) bond motifs is 1. The maximum Gasteiger partial charge on any atom is 0.411 e. The fourth-order valence-electron chi connectivity index (χ4n) is 5.02. The lowest BCUT2D eigenvalue weighted by atomic mass is 10.1. The number of piperidine rings is 1. The van der Waals surface area contributed by atoms with Gasteiger partial charge in [0.05, 0.1) is 37.5 Å². The van der Waals surface area contributed by atoms with Crippen molar-refractivity contribution in [3.63, 3.8) is 0 Å². The number of ether oxygens (including phenoxy) is 3. The molecule has 5 rings (SSSR count). The Morgan fingerprint density at radius 3 is 2.44 bits per heavy atom. The standard InChI is InChI=1S/C33H38N6O6/c34-13-17-43-19-20-44-18-14-35-31(40)24-7-4-8-26(21-24)36-33(42)45-27-11-15-39(16-12-27)32(41)25-9-10-28-29(22-25)38-30(37-28)23-5-2-1-3-6-23/h1-10,21-22,27H,11-20,34H2,(H,35,40)(H,36,42)(H,37,38). The highest BCUT2D eigenvalue weighted by Gasteiger charge is 2.26. The lowest BCUT2D eigenvalue weighted by Crippen LogP contribution is -2.41. The maximum atomic E-state index is 13.2. The van der Waals surface area contributed by atoms with E-state index in [1.165, 1.54) is 0 Å². The van der Waals surface area contributed by atoms with Gasteiger partial charge in [-0.1, -0.05) is 36.4 Å². The molecule has 12 heteroatoms. The first-order valence-corrected chi connectivity index (χ1v) is 15.1. The average molecular weight is 615 g/mol. The summed E-state index contributed by atoms with van der Waals surface area (Å²) in [5.41, 5.74) is 9.34. The van der Waals surface area contributed by atoms with Gasteiger partial charge in [-0.25, -0.2) is 9.78 Å². The van der Waals surface area contributed by atoms with Gasteiger partial charge in [0.25, 0.3) is 11.8 Å². The van der Waals surface area contributed by atoms with Crippen molar-refractivity contribution in [2.24, 2.45) is 5.73 Å². The maximum absolute atomic E-state index is 13.2. The molecule has 0 radical (unpaired) electrons. The van der Waals surface area contributed by atoms with Gasteiger partial charge in [-0.15, -0.1) is 0 Å². The van der Waals surface area contributed by atoms with Crippen molar-refractivity contribution in [2.45, 2.75) is 18.9 Å². The van der Waals surface area contributed by atoms with Crippen LogP contribution in [0.3, 0.4) is 0 Å². The summed E-state index contributed by atoms with van der Waals surface area (Å²) in [7, 11) is 0. The smallest absolute Gasteiger partial charge is 0.411 e. The van der Waals surface area contributed by atoms with Crippen LogP contribution < -0.4 is 16.4 Å². The van der Waals surface area contributed by atoms with Gasteiger partial charge in [0.1, 0.15) is 11.9 Å². The lowest BCUT2D eigenvalue weighted by molar-refractivity contribution is 0.0468. The molecular weight excluding hydrogens is 576 g/mol. The molecule has 1 aliphatic rings. The largest absolute Gasteiger partial charge is 0.446 e. The number of likely N-dealkylation sites (tertiary alicyclic amines) is 1. The molecule has 45 heavy (non-hydrogen) atoms.